The lowest BCUT2D eigenvalue weighted by molar-refractivity contribution is -0.140. The Labute approximate surface area is 110 Å². The van der Waals surface area contributed by atoms with E-state index in [1.54, 1.807) is 6.08 Å². The molecule has 0 spiro atoms. The van der Waals surface area contributed by atoms with Crippen LogP contribution in [0.5, 0.6) is 0 Å². The standard InChI is InChI=1S/C13H17BrO3/c1-12(2)5-8(4-9(15)6-12)10-7-13(10,14)11(16)17-3/h4,10H,5-7H2,1-3H3/t10-,13+/m0/s1. The van der Waals surface area contributed by atoms with Gasteiger partial charge in [0.05, 0.1) is 7.11 Å². The Balaban J connectivity index is 2.16. The van der Waals surface area contributed by atoms with Gasteiger partial charge in [0.1, 0.15) is 4.32 Å². The van der Waals surface area contributed by atoms with Crippen LogP contribution in [0.2, 0.25) is 0 Å². The van der Waals surface area contributed by atoms with Gasteiger partial charge in [0, 0.05) is 12.3 Å². The summed E-state index contributed by atoms with van der Waals surface area (Å²) in [6, 6.07) is 0. The molecule has 2 rings (SSSR count). The van der Waals surface area contributed by atoms with Crippen LogP contribution in [0.3, 0.4) is 0 Å². The highest BCUT2D eigenvalue weighted by molar-refractivity contribution is 9.10. The van der Waals surface area contributed by atoms with Crippen molar-refractivity contribution in [2.75, 3.05) is 7.11 Å². The fourth-order valence-corrected chi connectivity index (χ4v) is 3.46. The number of hydrogen-bond acceptors (Lipinski definition) is 3. The number of hydrogen-bond donors (Lipinski definition) is 0. The number of ether oxygens (including phenoxy) is 1. The zero-order valence-corrected chi connectivity index (χ0v) is 12.0. The van der Waals surface area contributed by atoms with E-state index in [2.05, 4.69) is 29.8 Å². The third-order valence-electron chi connectivity index (χ3n) is 3.55. The Kier molecular flexibility index (Phi) is 2.97. The molecular weight excluding hydrogens is 284 g/mol. The summed E-state index contributed by atoms with van der Waals surface area (Å²) in [7, 11) is 1.39. The van der Waals surface area contributed by atoms with E-state index >= 15 is 0 Å². The summed E-state index contributed by atoms with van der Waals surface area (Å²) in [5.74, 6) is 0.0561. The molecule has 17 heavy (non-hydrogen) atoms. The molecule has 0 N–H and O–H groups in total. The van der Waals surface area contributed by atoms with Crippen LogP contribution in [0.15, 0.2) is 11.6 Å². The first-order valence-corrected chi connectivity index (χ1v) is 6.58. The SMILES string of the molecule is COC(=O)[C@@]1(Br)C[C@H]1C1=CC(=O)CC(C)(C)C1. The number of carbonyl (C=O) groups is 2. The highest BCUT2D eigenvalue weighted by atomic mass is 79.9. The van der Waals surface area contributed by atoms with Crippen LogP contribution in [-0.4, -0.2) is 23.2 Å². The molecule has 0 saturated heterocycles. The molecule has 0 aromatic carbocycles. The van der Waals surface area contributed by atoms with Crippen molar-refractivity contribution in [1.82, 2.24) is 0 Å². The molecule has 0 amide bonds. The number of allylic oxidation sites excluding steroid dienone is 2. The van der Waals surface area contributed by atoms with E-state index in [0.29, 0.717) is 6.42 Å². The first-order valence-electron chi connectivity index (χ1n) is 5.79. The summed E-state index contributed by atoms with van der Waals surface area (Å²) in [6.07, 6.45) is 3.93. The monoisotopic (exact) mass is 300 g/mol. The fraction of sp³-hybridized carbons (Fsp3) is 0.692. The van der Waals surface area contributed by atoms with Gasteiger partial charge >= 0.3 is 5.97 Å². The lowest BCUT2D eigenvalue weighted by Gasteiger charge is -2.29. The molecule has 94 valence electrons. The maximum Gasteiger partial charge on any atom is 0.323 e. The molecule has 3 nitrogen and oxygen atoms in total. The van der Waals surface area contributed by atoms with Gasteiger partial charge < -0.3 is 4.74 Å². The third-order valence-corrected chi connectivity index (χ3v) is 4.75. The van der Waals surface area contributed by atoms with Crippen molar-refractivity contribution in [3.63, 3.8) is 0 Å². The Hall–Kier alpha value is -0.640. The second-order valence-electron chi connectivity index (χ2n) is 5.81. The Morgan fingerprint density at radius 3 is 2.65 bits per heavy atom. The molecular formula is C13H17BrO3. The van der Waals surface area contributed by atoms with Crippen molar-refractivity contribution in [2.45, 2.75) is 37.4 Å². The van der Waals surface area contributed by atoms with Crippen molar-refractivity contribution in [1.29, 1.82) is 0 Å². The summed E-state index contributed by atoms with van der Waals surface area (Å²) in [5.41, 5.74) is 1.10. The van der Waals surface area contributed by atoms with Crippen molar-refractivity contribution >= 4 is 27.7 Å². The predicted octanol–water partition coefficient (Wildman–Crippen LogP) is 2.63. The minimum atomic E-state index is -0.582. The van der Waals surface area contributed by atoms with Gasteiger partial charge in [-0.3, -0.25) is 9.59 Å². The van der Waals surface area contributed by atoms with Crippen molar-refractivity contribution in [2.24, 2.45) is 11.3 Å². The smallest absolute Gasteiger partial charge is 0.323 e. The molecule has 0 aromatic heterocycles. The summed E-state index contributed by atoms with van der Waals surface area (Å²) in [5, 5.41) is 0. The van der Waals surface area contributed by atoms with Crippen molar-refractivity contribution in [3.05, 3.63) is 11.6 Å². The molecule has 0 radical (unpaired) electrons. The molecule has 4 heteroatoms. The molecule has 0 aromatic rings. The van der Waals surface area contributed by atoms with E-state index < -0.39 is 4.32 Å². The zero-order chi connectivity index (χ0) is 12.8. The molecule has 0 aliphatic heterocycles. The minimum absolute atomic E-state index is 0.00772. The molecule has 2 atom stereocenters. The number of methoxy groups -OCH3 is 1. The van der Waals surface area contributed by atoms with E-state index in [0.717, 1.165) is 18.4 Å². The number of esters is 1. The summed E-state index contributed by atoms with van der Waals surface area (Å²) in [6.45, 7) is 4.18. The average molecular weight is 301 g/mol. The van der Waals surface area contributed by atoms with Gasteiger partial charge in [-0.15, -0.1) is 0 Å². The van der Waals surface area contributed by atoms with E-state index in [-0.39, 0.29) is 23.1 Å². The highest BCUT2D eigenvalue weighted by Gasteiger charge is 2.61. The van der Waals surface area contributed by atoms with Crippen LogP contribution in [0, 0.1) is 11.3 Å². The van der Waals surface area contributed by atoms with E-state index in [9.17, 15) is 9.59 Å². The molecule has 2 aliphatic carbocycles. The molecule has 1 fully saturated rings. The molecule has 0 bridgehead atoms. The number of carbonyl (C=O) groups excluding carboxylic acids is 2. The number of alkyl halides is 1. The van der Waals surface area contributed by atoms with E-state index in [1.165, 1.54) is 7.11 Å². The summed E-state index contributed by atoms with van der Waals surface area (Å²) >= 11 is 3.45. The maximum absolute atomic E-state index is 11.7. The van der Waals surface area contributed by atoms with E-state index in [4.69, 9.17) is 4.74 Å². The summed E-state index contributed by atoms with van der Waals surface area (Å²) < 4.78 is 4.20. The number of halogens is 1. The molecule has 2 aliphatic rings. The quantitative estimate of drug-likeness (QED) is 0.582. The van der Waals surface area contributed by atoms with Crippen LogP contribution >= 0.6 is 15.9 Å². The third kappa shape index (κ3) is 2.32. The van der Waals surface area contributed by atoms with Gasteiger partial charge in [-0.05, 0) is 24.3 Å². The van der Waals surface area contributed by atoms with Gasteiger partial charge in [0.25, 0.3) is 0 Å². The maximum atomic E-state index is 11.7. The number of rotatable bonds is 2. The fourth-order valence-electron chi connectivity index (χ4n) is 2.68. The van der Waals surface area contributed by atoms with Crippen LogP contribution in [0.4, 0.5) is 0 Å². The Morgan fingerprint density at radius 1 is 1.47 bits per heavy atom. The second-order valence-corrected chi connectivity index (χ2v) is 7.23. The second kappa shape index (κ2) is 3.94. The van der Waals surface area contributed by atoms with E-state index in [1.807, 2.05) is 0 Å². The highest BCUT2D eigenvalue weighted by Crippen LogP contribution is 2.58. The van der Waals surface area contributed by atoms with Crippen LogP contribution < -0.4 is 0 Å². The van der Waals surface area contributed by atoms with Gasteiger partial charge in [-0.2, -0.15) is 0 Å². The average Bonchev–Trinajstić information content (AvgIpc) is 2.88. The number of ketones is 1. The Bertz CT molecular complexity index is 411. The zero-order valence-electron chi connectivity index (χ0n) is 10.4. The Morgan fingerprint density at radius 2 is 2.12 bits per heavy atom. The van der Waals surface area contributed by atoms with Crippen molar-refractivity contribution < 1.29 is 14.3 Å². The van der Waals surface area contributed by atoms with Crippen molar-refractivity contribution in [3.8, 4) is 0 Å². The largest absolute Gasteiger partial charge is 0.468 e. The van der Waals surface area contributed by atoms with Gasteiger partial charge in [0.15, 0.2) is 5.78 Å². The molecule has 0 heterocycles. The van der Waals surface area contributed by atoms with Gasteiger partial charge in [0.2, 0.25) is 0 Å². The minimum Gasteiger partial charge on any atom is -0.468 e. The van der Waals surface area contributed by atoms with Crippen LogP contribution in [0.1, 0.15) is 33.1 Å². The van der Waals surface area contributed by atoms with Gasteiger partial charge in [-0.25, -0.2) is 0 Å². The predicted molar refractivity (Wildman–Crippen MR) is 67.9 cm³/mol. The normalized spacial score (nSPS) is 35.2. The first-order chi connectivity index (χ1) is 7.78. The molecule has 1 saturated carbocycles. The van der Waals surface area contributed by atoms with Crippen LogP contribution in [-0.2, 0) is 14.3 Å². The lowest BCUT2D eigenvalue weighted by Crippen LogP contribution is -2.25. The summed E-state index contributed by atoms with van der Waals surface area (Å²) in [4.78, 5) is 23.3. The van der Waals surface area contributed by atoms with Gasteiger partial charge in [-0.1, -0.05) is 35.4 Å². The van der Waals surface area contributed by atoms with Crippen LogP contribution in [0.25, 0.3) is 0 Å². The first kappa shape index (κ1) is 12.8. The topological polar surface area (TPSA) is 43.4 Å². The molecule has 0 unspecified atom stereocenters. The lowest BCUT2D eigenvalue weighted by atomic mass is 9.75.